The third kappa shape index (κ3) is 5.65. The molecule has 2 amide bonds. The lowest BCUT2D eigenvalue weighted by Crippen LogP contribution is -2.44. The normalized spacial score (nSPS) is 17.4. The number of hydrogen-bond acceptors (Lipinski definition) is 7. The van der Waals surface area contributed by atoms with E-state index in [0.717, 1.165) is 11.8 Å². The van der Waals surface area contributed by atoms with Crippen molar-refractivity contribution in [3.05, 3.63) is 68.7 Å². The van der Waals surface area contributed by atoms with Gasteiger partial charge in [0.25, 0.3) is 0 Å². The maximum Gasteiger partial charge on any atom is 0.319 e. The molecule has 2 aromatic rings. The van der Waals surface area contributed by atoms with Gasteiger partial charge in [0.05, 0.1) is 47.4 Å². The van der Waals surface area contributed by atoms with E-state index in [2.05, 4.69) is 16.7 Å². The Morgan fingerprint density at radius 3 is 2.47 bits per heavy atom. The summed E-state index contributed by atoms with van der Waals surface area (Å²) in [4.78, 5) is 37.8. The Kier molecular flexibility index (Phi) is 8.45. The summed E-state index contributed by atoms with van der Waals surface area (Å²) in [5.74, 6) is -3.52. The van der Waals surface area contributed by atoms with Crippen LogP contribution >= 0.6 is 35.0 Å². The first kappa shape index (κ1) is 25.4. The summed E-state index contributed by atoms with van der Waals surface area (Å²) < 4.78 is 9.98. The molecule has 0 saturated heterocycles. The number of halogens is 2. The number of allylic oxidation sites excluding steroid dienone is 1. The molecule has 0 aromatic heterocycles. The van der Waals surface area contributed by atoms with Gasteiger partial charge in [-0.1, -0.05) is 47.1 Å². The van der Waals surface area contributed by atoms with E-state index in [1.165, 1.54) is 20.3 Å². The molecule has 11 heteroatoms. The number of carbonyl (C=O) groups is 3. The van der Waals surface area contributed by atoms with E-state index in [-0.39, 0.29) is 21.4 Å². The number of benzene rings is 2. The summed E-state index contributed by atoms with van der Waals surface area (Å²) in [5, 5.41) is 16.1. The lowest BCUT2D eigenvalue weighted by molar-refractivity contribution is -0.150. The molecule has 1 aliphatic rings. The van der Waals surface area contributed by atoms with Gasteiger partial charge in [-0.2, -0.15) is 5.26 Å². The molecule has 176 valence electrons. The zero-order chi connectivity index (χ0) is 24.8. The van der Waals surface area contributed by atoms with Gasteiger partial charge < -0.3 is 20.1 Å². The predicted octanol–water partition coefficient (Wildman–Crippen LogP) is 4.11. The van der Waals surface area contributed by atoms with Crippen molar-refractivity contribution in [3.63, 3.8) is 0 Å². The van der Waals surface area contributed by atoms with Gasteiger partial charge in [-0.25, -0.2) is 0 Å². The van der Waals surface area contributed by atoms with Crippen molar-refractivity contribution in [1.29, 1.82) is 5.26 Å². The summed E-state index contributed by atoms with van der Waals surface area (Å²) in [6.07, 6.45) is 0. The average Bonchev–Trinajstić information content (AvgIpc) is 2.83. The highest BCUT2D eigenvalue weighted by atomic mass is 35.5. The van der Waals surface area contributed by atoms with Crippen LogP contribution < -0.4 is 15.4 Å². The maximum absolute atomic E-state index is 12.9. The van der Waals surface area contributed by atoms with Crippen LogP contribution in [0.3, 0.4) is 0 Å². The smallest absolute Gasteiger partial charge is 0.319 e. The molecular formula is C23H19Cl2N3O5S. The van der Waals surface area contributed by atoms with Crippen LogP contribution in [0, 0.1) is 17.2 Å². The number of amides is 2. The van der Waals surface area contributed by atoms with Gasteiger partial charge in [-0.05, 0) is 35.9 Å². The molecule has 0 radical (unpaired) electrons. The summed E-state index contributed by atoms with van der Waals surface area (Å²) in [6.45, 7) is 0. The largest absolute Gasteiger partial charge is 0.497 e. The Bertz CT molecular complexity index is 1190. The van der Waals surface area contributed by atoms with E-state index in [1.54, 1.807) is 36.4 Å². The lowest BCUT2D eigenvalue weighted by atomic mass is 9.78. The third-order valence-corrected chi connectivity index (χ3v) is 6.58. The number of methoxy groups -OCH3 is 2. The van der Waals surface area contributed by atoms with Crippen molar-refractivity contribution in [2.75, 3.05) is 25.3 Å². The maximum atomic E-state index is 12.9. The first-order valence-electron chi connectivity index (χ1n) is 9.83. The Balaban J connectivity index is 1.89. The van der Waals surface area contributed by atoms with E-state index < -0.39 is 29.6 Å². The molecule has 2 aromatic carbocycles. The van der Waals surface area contributed by atoms with Crippen LogP contribution in [0.15, 0.2) is 53.1 Å². The summed E-state index contributed by atoms with van der Waals surface area (Å²) >= 11 is 12.9. The van der Waals surface area contributed by atoms with Crippen LogP contribution in [0.1, 0.15) is 11.5 Å². The zero-order valence-corrected chi connectivity index (χ0v) is 20.4. The van der Waals surface area contributed by atoms with E-state index >= 15 is 0 Å². The fourth-order valence-corrected chi connectivity index (χ4v) is 4.71. The topological polar surface area (TPSA) is 118 Å². The van der Waals surface area contributed by atoms with Crippen LogP contribution in [0.25, 0.3) is 0 Å². The molecular weight excluding hydrogens is 501 g/mol. The number of nitrogens with zero attached hydrogens (tertiary/aromatic N) is 1. The van der Waals surface area contributed by atoms with Gasteiger partial charge in [0.15, 0.2) is 0 Å². The van der Waals surface area contributed by atoms with Gasteiger partial charge >= 0.3 is 5.97 Å². The lowest BCUT2D eigenvalue weighted by Gasteiger charge is -2.31. The quantitative estimate of drug-likeness (QED) is 0.417. The Morgan fingerprint density at radius 2 is 1.88 bits per heavy atom. The number of anilines is 1. The minimum Gasteiger partial charge on any atom is -0.497 e. The predicted molar refractivity (Wildman–Crippen MR) is 130 cm³/mol. The molecule has 1 heterocycles. The fraction of sp³-hybridized carbons (Fsp3) is 0.217. The number of nitriles is 1. The van der Waals surface area contributed by atoms with E-state index in [4.69, 9.17) is 32.7 Å². The van der Waals surface area contributed by atoms with Gasteiger partial charge in [0, 0.05) is 10.9 Å². The SMILES string of the molecule is COC(=O)[C@@H]1C(=O)NC(SCC(=O)Nc2ccc(Cl)cc2Cl)=C(C#N)[C@H]1c1ccc(OC)cc1. The Labute approximate surface area is 210 Å². The van der Waals surface area contributed by atoms with Crippen molar-refractivity contribution in [2.45, 2.75) is 5.92 Å². The molecule has 0 spiro atoms. The number of rotatable bonds is 7. The van der Waals surface area contributed by atoms with Crippen LogP contribution in [-0.2, 0) is 19.1 Å². The van der Waals surface area contributed by atoms with Crippen molar-refractivity contribution in [1.82, 2.24) is 5.32 Å². The molecule has 0 bridgehead atoms. The molecule has 34 heavy (non-hydrogen) atoms. The monoisotopic (exact) mass is 519 g/mol. The molecule has 0 unspecified atom stereocenters. The van der Waals surface area contributed by atoms with Crippen molar-refractivity contribution in [3.8, 4) is 11.8 Å². The molecule has 8 nitrogen and oxygen atoms in total. The number of hydrogen-bond donors (Lipinski definition) is 2. The molecule has 0 aliphatic carbocycles. The van der Waals surface area contributed by atoms with Crippen LogP contribution in [0.4, 0.5) is 5.69 Å². The summed E-state index contributed by atoms with van der Waals surface area (Å²) in [6, 6.07) is 13.4. The molecule has 1 aliphatic heterocycles. The first-order valence-corrected chi connectivity index (χ1v) is 11.6. The Morgan fingerprint density at radius 1 is 1.18 bits per heavy atom. The number of carbonyl (C=O) groups excluding carboxylic acids is 3. The third-order valence-electron chi connectivity index (χ3n) is 5.01. The second kappa shape index (κ2) is 11.3. The van der Waals surface area contributed by atoms with Gasteiger partial charge in [-0.15, -0.1) is 0 Å². The second-order valence-corrected chi connectivity index (χ2v) is 8.89. The van der Waals surface area contributed by atoms with E-state index in [0.29, 0.717) is 22.0 Å². The number of nitrogens with one attached hydrogen (secondary N) is 2. The first-order chi connectivity index (χ1) is 16.3. The highest BCUT2D eigenvalue weighted by Crippen LogP contribution is 2.40. The number of esters is 1. The van der Waals surface area contributed by atoms with Gasteiger partial charge in [0.2, 0.25) is 11.8 Å². The average molecular weight is 520 g/mol. The van der Waals surface area contributed by atoms with Crippen LogP contribution in [0.5, 0.6) is 5.75 Å². The standard InChI is InChI=1S/C23H19Cl2N3O5S/c1-32-14-6-3-12(4-7-14)19-15(10-26)22(28-21(30)20(19)23(31)33-2)34-11-18(29)27-17-8-5-13(24)9-16(17)25/h3-9,19-20H,11H2,1-2H3,(H,27,29)(H,28,30)/t19-,20+/m1/s1. The molecule has 0 fully saturated rings. The molecule has 0 saturated carbocycles. The van der Waals surface area contributed by atoms with Gasteiger partial charge in [0.1, 0.15) is 11.7 Å². The molecule has 3 rings (SSSR count). The minimum absolute atomic E-state index is 0.127. The van der Waals surface area contributed by atoms with Crippen LogP contribution in [-0.4, -0.2) is 37.8 Å². The van der Waals surface area contributed by atoms with E-state index in [9.17, 15) is 19.6 Å². The highest BCUT2D eigenvalue weighted by molar-refractivity contribution is 8.03. The highest BCUT2D eigenvalue weighted by Gasteiger charge is 2.44. The van der Waals surface area contributed by atoms with Crippen molar-refractivity contribution in [2.24, 2.45) is 5.92 Å². The van der Waals surface area contributed by atoms with Crippen molar-refractivity contribution < 1.29 is 23.9 Å². The Hall–Kier alpha value is -3.19. The summed E-state index contributed by atoms with van der Waals surface area (Å²) in [7, 11) is 2.69. The molecule has 2 atom stereocenters. The number of ether oxygens (including phenoxy) is 2. The van der Waals surface area contributed by atoms with E-state index in [1.807, 2.05) is 0 Å². The molecule has 2 N–H and O–H groups in total. The fourth-order valence-electron chi connectivity index (χ4n) is 3.41. The van der Waals surface area contributed by atoms with Gasteiger partial charge in [-0.3, -0.25) is 14.4 Å². The zero-order valence-electron chi connectivity index (χ0n) is 18.1. The van der Waals surface area contributed by atoms with Crippen molar-refractivity contribution >= 4 is 58.4 Å². The van der Waals surface area contributed by atoms with Crippen LogP contribution in [0.2, 0.25) is 10.0 Å². The number of thioether (sulfide) groups is 1. The summed E-state index contributed by atoms with van der Waals surface area (Å²) in [5.41, 5.74) is 1.07. The second-order valence-electron chi connectivity index (χ2n) is 7.06. The minimum atomic E-state index is -1.26.